The molecule has 22 heavy (non-hydrogen) atoms. The third-order valence-electron chi connectivity index (χ3n) is 4.74. The fraction of sp³-hybridized carbons (Fsp3) is 0.588. The van der Waals surface area contributed by atoms with Gasteiger partial charge in [0.1, 0.15) is 0 Å². The molecule has 0 bridgehead atoms. The summed E-state index contributed by atoms with van der Waals surface area (Å²) in [6, 6.07) is 5.59. The Labute approximate surface area is 129 Å². The molecule has 1 heterocycles. The number of hydrogen-bond acceptors (Lipinski definition) is 2. The van der Waals surface area contributed by atoms with Crippen LogP contribution in [0.15, 0.2) is 18.2 Å². The number of alkyl halides is 2. The summed E-state index contributed by atoms with van der Waals surface area (Å²) in [5.41, 5.74) is 2.68. The van der Waals surface area contributed by atoms with Crippen LogP contribution in [-0.2, 0) is 0 Å². The zero-order valence-corrected chi connectivity index (χ0v) is 12.8. The molecule has 120 valence electrons. The van der Waals surface area contributed by atoms with Crippen molar-refractivity contribution in [3.05, 3.63) is 34.9 Å². The highest BCUT2D eigenvalue weighted by molar-refractivity contribution is 5.96. The molecule has 2 fully saturated rings. The third-order valence-corrected chi connectivity index (χ3v) is 4.74. The molecule has 1 aromatic carbocycles. The van der Waals surface area contributed by atoms with Crippen molar-refractivity contribution in [2.45, 2.75) is 50.5 Å². The highest BCUT2D eigenvalue weighted by Gasteiger charge is 2.46. The van der Waals surface area contributed by atoms with Gasteiger partial charge in [-0.05, 0) is 56.0 Å². The highest BCUT2D eigenvalue weighted by atomic mass is 19.3. The van der Waals surface area contributed by atoms with Crippen LogP contribution in [-0.4, -0.2) is 31.0 Å². The van der Waals surface area contributed by atoms with E-state index in [4.69, 9.17) is 0 Å². The summed E-state index contributed by atoms with van der Waals surface area (Å²) >= 11 is 0. The van der Waals surface area contributed by atoms with Gasteiger partial charge in [0.25, 0.3) is 11.8 Å². The van der Waals surface area contributed by atoms with Gasteiger partial charge >= 0.3 is 0 Å². The maximum Gasteiger partial charge on any atom is 0.252 e. The van der Waals surface area contributed by atoms with Gasteiger partial charge in [0, 0.05) is 24.4 Å². The number of benzene rings is 1. The number of carbonyl (C=O) groups is 1. The zero-order valence-electron chi connectivity index (χ0n) is 12.8. The van der Waals surface area contributed by atoms with E-state index in [0.717, 1.165) is 31.5 Å². The summed E-state index contributed by atoms with van der Waals surface area (Å²) < 4.78 is 25.7. The van der Waals surface area contributed by atoms with Gasteiger partial charge < -0.3 is 10.6 Å². The molecule has 1 amide bonds. The summed E-state index contributed by atoms with van der Waals surface area (Å²) in [5, 5.41) is 6.06. The molecule has 3 rings (SSSR count). The summed E-state index contributed by atoms with van der Waals surface area (Å²) in [5.74, 6) is -2.36. The SMILES string of the molecule is Cc1ccc(C2CCNCC2)cc1C(=O)NC1CC(F)(F)C1. The Bertz CT molecular complexity index is 560. The van der Waals surface area contributed by atoms with Crippen LogP contribution in [0, 0.1) is 6.92 Å². The lowest BCUT2D eigenvalue weighted by atomic mass is 9.86. The molecule has 0 radical (unpaired) electrons. The lowest BCUT2D eigenvalue weighted by Crippen LogP contribution is -2.50. The standard InChI is InChI=1S/C17H22F2N2O/c1-11-2-3-13(12-4-6-20-7-5-12)8-15(11)16(22)21-14-9-17(18,19)10-14/h2-3,8,12,14,20H,4-7,9-10H2,1H3,(H,21,22). The first-order valence-corrected chi connectivity index (χ1v) is 7.94. The van der Waals surface area contributed by atoms with E-state index in [2.05, 4.69) is 16.7 Å². The highest BCUT2D eigenvalue weighted by Crippen LogP contribution is 2.37. The Morgan fingerprint density at radius 3 is 2.59 bits per heavy atom. The van der Waals surface area contributed by atoms with Gasteiger partial charge in [-0.15, -0.1) is 0 Å². The first kappa shape index (κ1) is 15.4. The number of hydrogen-bond donors (Lipinski definition) is 2. The minimum Gasteiger partial charge on any atom is -0.349 e. The second kappa shape index (κ2) is 5.95. The second-order valence-corrected chi connectivity index (χ2v) is 6.53. The van der Waals surface area contributed by atoms with Crippen LogP contribution in [0.2, 0.25) is 0 Å². The summed E-state index contributed by atoms with van der Waals surface area (Å²) in [6.07, 6.45) is 1.65. The smallest absolute Gasteiger partial charge is 0.252 e. The number of carbonyl (C=O) groups excluding carboxylic acids is 1. The van der Waals surface area contributed by atoms with Crippen molar-refractivity contribution >= 4 is 5.91 Å². The van der Waals surface area contributed by atoms with Crippen molar-refractivity contribution in [1.82, 2.24) is 10.6 Å². The molecule has 1 saturated carbocycles. The third kappa shape index (κ3) is 3.29. The summed E-state index contributed by atoms with van der Waals surface area (Å²) in [7, 11) is 0. The predicted octanol–water partition coefficient (Wildman–Crippen LogP) is 2.99. The Hall–Kier alpha value is -1.49. The lowest BCUT2D eigenvalue weighted by Gasteiger charge is -2.35. The maximum absolute atomic E-state index is 12.9. The Balaban J connectivity index is 1.70. The fourth-order valence-corrected chi connectivity index (χ4v) is 3.32. The number of rotatable bonds is 3. The number of halogens is 2. The monoisotopic (exact) mass is 308 g/mol. The molecule has 3 nitrogen and oxygen atoms in total. The van der Waals surface area contributed by atoms with Crippen LogP contribution in [0.5, 0.6) is 0 Å². The molecule has 5 heteroatoms. The number of aryl methyl sites for hydroxylation is 1. The molecule has 1 aromatic rings. The van der Waals surface area contributed by atoms with Gasteiger partial charge in [0.2, 0.25) is 0 Å². The minimum absolute atomic E-state index is 0.228. The van der Waals surface area contributed by atoms with E-state index < -0.39 is 12.0 Å². The largest absolute Gasteiger partial charge is 0.349 e. The predicted molar refractivity (Wildman–Crippen MR) is 81.5 cm³/mol. The van der Waals surface area contributed by atoms with Crippen LogP contribution < -0.4 is 10.6 Å². The van der Waals surface area contributed by atoms with Gasteiger partial charge in [0.05, 0.1) is 0 Å². The first-order valence-electron chi connectivity index (χ1n) is 7.94. The molecule has 0 aromatic heterocycles. The summed E-state index contributed by atoms with van der Waals surface area (Å²) in [6.45, 7) is 3.88. The van der Waals surface area contributed by atoms with Crippen LogP contribution in [0.3, 0.4) is 0 Å². The second-order valence-electron chi connectivity index (χ2n) is 6.53. The van der Waals surface area contributed by atoms with Crippen molar-refractivity contribution < 1.29 is 13.6 Å². The van der Waals surface area contributed by atoms with Gasteiger partial charge in [-0.3, -0.25) is 4.79 Å². The molecule has 0 spiro atoms. The normalized spacial score (nSPS) is 22.1. The van der Waals surface area contributed by atoms with Crippen molar-refractivity contribution in [2.75, 3.05) is 13.1 Å². The molecule has 0 unspecified atom stereocenters. The van der Waals surface area contributed by atoms with Gasteiger partial charge in [0.15, 0.2) is 0 Å². The fourth-order valence-electron chi connectivity index (χ4n) is 3.32. The van der Waals surface area contributed by atoms with Gasteiger partial charge in [-0.1, -0.05) is 12.1 Å². The van der Waals surface area contributed by atoms with E-state index in [1.54, 1.807) is 0 Å². The quantitative estimate of drug-likeness (QED) is 0.901. The maximum atomic E-state index is 12.9. The Morgan fingerprint density at radius 2 is 1.95 bits per heavy atom. The molecular weight excluding hydrogens is 286 g/mol. The molecular formula is C17H22F2N2O. The lowest BCUT2D eigenvalue weighted by molar-refractivity contribution is -0.0901. The van der Waals surface area contributed by atoms with Crippen LogP contribution in [0.25, 0.3) is 0 Å². The Kier molecular flexibility index (Phi) is 4.17. The summed E-state index contributed by atoms with van der Waals surface area (Å²) in [4.78, 5) is 12.3. The molecule has 2 aliphatic rings. The number of amides is 1. The van der Waals surface area contributed by atoms with E-state index in [0.29, 0.717) is 11.5 Å². The van der Waals surface area contributed by atoms with Gasteiger partial charge in [-0.2, -0.15) is 0 Å². The van der Waals surface area contributed by atoms with E-state index in [1.165, 1.54) is 5.56 Å². The van der Waals surface area contributed by atoms with Gasteiger partial charge in [-0.25, -0.2) is 8.78 Å². The van der Waals surface area contributed by atoms with Crippen LogP contribution in [0.4, 0.5) is 8.78 Å². The average molecular weight is 308 g/mol. The number of piperidine rings is 1. The first-order chi connectivity index (χ1) is 10.4. The molecule has 2 N–H and O–H groups in total. The van der Waals surface area contributed by atoms with E-state index in [1.807, 2.05) is 19.1 Å². The van der Waals surface area contributed by atoms with Crippen molar-refractivity contribution in [3.8, 4) is 0 Å². The van der Waals surface area contributed by atoms with Crippen molar-refractivity contribution in [1.29, 1.82) is 0 Å². The van der Waals surface area contributed by atoms with E-state index >= 15 is 0 Å². The zero-order chi connectivity index (χ0) is 15.7. The topological polar surface area (TPSA) is 41.1 Å². The molecule has 0 atom stereocenters. The van der Waals surface area contributed by atoms with Crippen molar-refractivity contribution in [3.63, 3.8) is 0 Å². The number of nitrogens with one attached hydrogen (secondary N) is 2. The minimum atomic E-state index is -2.61. The van der Waals surface area contributed by atoms with Crippen molar-refractivity contribution in [2.24, 2.45) is 0 Å². The van der Waals surface area contributed by atoms with Crippen LogP contribution >= 0.6 is 0 Å². The van der Waals surface area contributed by atoms with Crippen LogP contribution in [0.1, 0.15) is 53.1 Å². The molecule has 1 saturated heterocycles. The van der Waals surface area contributed by atoms with E-state index in [9.17, 15) is 13.6 Å². The molecule has 1 aliphatic heterocycles. The Morgan fingerprint density at radius 1 is 1.27 bits per heavy atom. The average Bonchev–Trinajstić information content (AvgIpc) is 2.46. The molecule has 1 aliphatic carbocycles. The van der Waals surface area contributed by atoms with E-state index in [-0.39, 0.29) is 18.7 Å².